The highest BCUT2D eigenvalue weighted by Crippen LogP contribution is 2.29. The van der Waals surface area contributed by atoms with E-state index in [0.717, 1.165) is 25.7 Å². The van der Waals surface area contributed by atoms with Gasteiger partial charge >= 0.3 is 0 Å². The first kappa shape index (κ1) is 12.3. The van der Waals surface area contributed by atoms with E-state index >= 15 is 0 Å². The van der Waals surface area contributed by atoms with Gasteiger partial charge in [-0.1, -0.05) is 13.8 Å². The summed E-state index contributed by atoms with van der Waals surface area (Å²) in [7, 11) is 0. The molecule has 16 heavy (non-hydrogen) atoms. The van der Waals surface area contributed by atoms with Crippen molar-refractivity contribution in [2.45, 2.75) is 46.0 Å². The van der Waals surface area contributed by atoms with Gasteiger partial charge in [0.2, 0.25) is 0 Å². The monoisotopic (exact) mass is 228 g/mol. The van der Waals surface area contributed by atoms with Crippen molar-refractivity contribution in [1.82, 2.24) is 0 Å². The topological polar surface area (TPSA) is 27.7 Å². The molecule has 0 saturated carbocycles. The van der Waals surface area contributed by atoms with Crippen molar-refractivity contribution in [1.29, 1.82) is 0 Å². The van der Waals surface area contributed by atoms with Crippen molar-refractivity contribution >= 4 is 0 Å². The molecule has 0 bridgehead atoms. The van der Waals surface area contributed by atoms with E-state index in [0.29, 0.717) is 17.9 Å². The highest BCUT2D eigenvalue weighted by molar-refractivity contribution is 4.79. The average molecular weight is 228 g/mol. The molecule has 3 unspecified atom stereocenters. The van der Waals surface area contributed by atoms with Gasteiger partial charge in [0, 0.05) is 12.5 Å². The van der Waals surface area contributed by atoms with E-state index in [1.807, 2.05) is 6.92 Å². The average Bonchev–Trinajstić information content (AvgIpc) is 2.30. The summed E-state index contributed by atoms with van der Waals surface area (Å²) >= 11 is 0. The molecule has 3 atom stereocenters. The molecule has 2 heterocycles. The van der Waals surface area contributed by atoms with Crippen molar-refractivity contribution in [3.05, 3.63) is 0 Å². The van der Waals surface area contributed by atoms with Gasteiger partial charge in [0.25, 0.3) is 0 Å². The van der Waals surface area contributed by atoms with E-state index in [-0.39, 0.29) is 6.29 Å². The summed E-state index contributed by atoms with van der Waals surface area (Å²) in [6, 6.07) is 0. The predicted molar refractivity (Wildman–Crippen MR) is 62.2 cm³/mol. The maximum absolute atomic E-state index is 5.92. The third-order valence-corrected chi connectivity index (χ3v) is 3.96. The third kappa shape index (κ3) is 2.96. The lowest BCUT2D eigenvalue weighted by Gasteiger charge is -2.37. The number of rotatable bonds is 2. The normalized spacial score (nSPS) is 42.9. The highest BCUT2D eigenvalue weighted by atomic mass is 16.7. The van der Waals surface area contributed by atoms with Crippen LogP contribution >= 0.6 is 0 Å². The minimum atomic E-state index is -0.0317. The lowest BCUT2D eigenvalue weighted by Crippen LogP contribution is -2.40. The number of ether oxygens (including phenoxy) is 3. The van der Waals surface area contributed by atoms with Gasteiger partial charge in [0.05, 0.1) is 19.3 Å². The van der Waals surface area contributed by atoms with E-state index < -0.39 is 0 Å². The molecule has 0 aromatic heterocycles. The maximum Gasteiger partial charge on any atom is 0.154 e. The van der Waals surface area contributed by atoms with Crippen LogP contribution in [0.3, 0.4) is 0 Å². The molecule has 2 aliphatic rings. The molecule has 2 aliphatic heterocycles. The van der Waals surface area contributed by atoms with Crippen molar-refractivity contribution in [2.75, 3.05) is 19.8 Å². The Bertz CT molecular complexity index is 181. The molecule has 0 spiro atoms. The minimum Gasteiger partial charge on any atom is -0.378 e. The van der Waals surface area contributed by atoms with Crippen LogP contribution in [0.15, 0.2) is 0 Å². The van der Waals surface area contributed by atoms with Crippen molar-refractivity contribution in [2.24, 2.45) is 17.8 Å². The largest absolute Gasteiger partial charge is 0.378 e. The SMILES string of the molecule is CC1CCC(C(C)C2COC(C)OC2)OC1. The summed E-state index contributed by atoms with van der Waals surface area (Å²) in [5, 5.41) is 0. The zero-order valence-electron chi connectivity index (χ0n) is 10.6. The lowest BCUT2D eigenvalue weighted by molar-refractivity contribution is -0.206. The zero-order chi connectivity index (χ0) is 11.5. The van der Waals surface area contributed by atoms with Crippen molar-refractivity contribution < 1.29 is 14.2 Å². The quantitative estimate of drug-likeness (QED) is 0.726. The summed E-state index contributed by atoms with van der Waals surface area (Å²) in [5.41, 5.74) is 0. The second kappa shape index (κ2) is 5.48. The van der Waals surface area contributed by atoms with Gasteiger partial charge in [-0.25, -0.2) is 0 Å². The fraction of sp³-hybridized carbons (Fsp3) is 1.00. The Kier molecular flexibility index (Phi) is 4.22. The molecule has 0 aromatic carbocycles. The number of hydrogen-bond donors (Lipinski definition) is 0. The smallest absolute Gasteiger partial charge is 0.154 e. The molecule has 2 rings (SSSR count). The van der Waals surface area contributed by atoms with Crippen LogP contribution in [0.2, 0.25) is 0 Å². The Hall–Kier alpha value is -0.120. The Morgan fingerprint density at radius 1 is 0.938 bits per heavy atom. The molecule has 2 saturated heterocycles. The molecule has 0 radical (unpaired) electrons. The summed E-state index contributed by atoms with van der Waals surface area (Å²) in [5.74, 6) is 1.76. The molecule has 94 valence electrons. The van der Waals surface area contributed by atoms with Gasteiger partial charge in [-0.05, 0) is 31.6 Å². The van der Waals surface area contributed by atoms with Crippen LogP contribution in [0, 0.1) is 17.8 Å². The maximum atomic E-state index is 5.92. The minimum absolute atomic E-state index is 0.0317. The Morgan fingerprint density at radius 2 is 1.62 bits per heavy atom. The molecule has 0 aromatic rings. The molecule has 3 heteroatoms. The summed E-state index contributed by atoms with van der Waals surface area (Å²) in [6.07, 6.45) is 2.85. The summed E-state index contributed by atoms with van der Waals surface area (Å²) < 4.78 is 17.0. The van der Waals surface area contributed by atoms with Crippen LogP contribution in [0.5, 0.6) is 0 Å². The van der Waals surface area contributed by atoms with Crippen molar-refractivity contribution in [3.8, 4) is 0 Å². The van der Waals surface area contributed by atoms with Crippen LogP contribution in [0.1, 0.15) is 33.6 Å². The summed E-state index contributed by atoms with van der Waals surface area (Å²) in [6.45, 7) is 9.04. The molecular weight excluding hydrogens is 204 g/mol. The fourth-order valence-corrected chi connectivity index (χ4v) is 2.54. The Labute approximate surface area is 98.4 Å². The van der Waals surface area contributed by atoms with Crippen LogP contribution in [0.25, 0.3) is 0 Å². The first-order chi connectivity index (χ1) is 7.66. The first-order valence-electron chi connectivity index (χ1n) is 6.51. The van der Waals surface area contributed by atoms with Gasteiger partial charge in [-0.2, -0.15) is 0 Å². The fourth-order valence-electron chi connectivity index (χ4n) is 2.54. The molecule has 0 aliphatic carbocycles. The second-order valence-corrected chi connectivity index (χ2v) is 5.41. The van der Waals surface area contributed by atoms with E-state index in [9.17, 15) is 0 Å². The Morgan fingerprint density at radius 3 is 2.19 bits per heavy atom. The van der Waals surface area contributed by atoms with Gasteiger partial charge in [0.15, 0.2) is 6.29 Å². The first-order valence-corrected chi connectivity index (χ1v) is 6.51. The predicted octanol–water partition coefficient (Wildman–Crippen LogP) is 2.45. The van der Waals surface area contributed by atoms with E-state index in [4.69, 9.17) is 14.2 Å². The van der Waals surface area contributed by atoms with Crippen LogP contribution < -0.4 is 0 Å². The molecular formula is C13H24O3. The van der Waals surface area contributed by atoms with Gasteiger partial charge in [0.1, 0.15) is 0 Å². The highest BCUT2D eigenvalue weighted by Gasteiger charge is 2.32. The molecule has 3 nitrogen and oxygen atoms in total. The van der Waals surface area contributed by atoms with E-state index in [1.54, 1.807) is 0 Å². The van der Waals surface area contributed by atoms with E-state index in [1.165, 1.54) is 12.8 Å². The lowest BCUT2D eigenvalue weighted by atomic mass is 9.85. The second-order valence-electron chi connectivity index (χ2n) is 5.41. The molecule has 2 fully saturated rings. The summed E-state index contributed by atoms with van der Waals surface area (Å²) in [4.78, 5) is 0. The van der Waals surface area contributed by atoms with Crippen LogP contribution in [0.4, 0.5) is 0 Å². The van der Waals surface area contributed by atoms with Crippen LogP contribution in [-0.2, 0) is 14.2 Å². The van der Waals surface area contributed by atoms with Gasteiger partial charge in [-0.15, -0.1) is 0 Å². The van der Waals surface area contributed by atoms with Gasteiger partial charge in [-0.3, -0.25) is 0 Å². The third-order valence-electron chi connectivity index (χ3n) is 3.96. The zero-order valence-corrected chi connectivity index (χ0v) is 10.6. The van der Waals surface area contributed by atoms with Gasteiger partial charge < -0.3 is 14.2 Å². The molecule has 0 N–H and O–H groups in total. The standard InChI is InChI=1S/C13H24O3/c1-9-4-5-13(16-6-9)10(2)12-7-14-11(3)15-8-12/h9-13H,4-8H2,1-3H3. The number of hydrogen-bond acceptors (Lipinski definition) is 3. The molecule has 0 amide bonds. The van der Waals surface area contributed by atoms with E-state index in [2.05, 4.69) is 13.8 Å². The Balaban J connectivity index is 1.80. The van der Waals surface area contributed by atoms with Crippen molar-refractivity contribution in [3.63, 3.8) is 0 Å². The van der Waals surface area contributed by atoms with Crippen LogP contribution in [-0.4, -0.2) is 32.2 Å².